The highest BCUT2D eigenvalue weighted by Crippen LogP contribution is 2.14. The SMILES string of the molecule is Cn1nccc1CCC(=O)N1CCN(c2ccc(F)cn2)CC1. The molecule has 0 spiro atoms. The molecule has 3 rings (SSSR count). The first-order valence-electron chi connectivity index (χ1n) is 7.74. The quantitative estimate of drug-likeness (QED) is 0.851. The van der Waals surface area contributed by atoms with Crippen molar-refractivity contribution in [3.63, 3.8) is 0 Å². The van der Waals surface area contributed by atoms with Gasteiger partial charge >= 0.3 is 0 Å². The van der Waals surface area contributed by atoms with E-state index in [1.165, 1.54) is 12.3 Å². The average Bonchev–Trinajstić information content (AvgIpc) is 2.99. The Balaban J connectivity index is 1.49. The summed E-state index contributed by atoms with van der Waals surface area (Å²) in [7, 11) is 1.88. The van der Waals surface area contributed by atoms with Gasteiger partial charge in [0, 0.05) is 51.5 Å². The second kappa shape index (κ2) is 6.76. The monoisotopic (exact) mass is 317 g/mol. The van der Waals surface area contributed by atoms with Crippen LogP contribution in [0.15, 0.2) is 30.6 Å². The molecule has 1 amide bonds. The second-order valence-corrected chi connectivity index (χ2v) is 5.65. The minimum atomic E-state index is -0.335. The fourth-order valence-electron chi connectivity index (χ4n) is 2.78. The lowest BCUT2D eigenvalue weighted by atomic mass is 10.2. The first kappa shape index (κ1) is 15.5. The number of hydrogen-bond acceptors (Lipinski definition) is 4. The van der Waals surface area contributed by atoms with Crippen LogP contribution < -0.4 is 4.90 Å². The molecule has 0 radical (unpaired) electrons. The van der Waals surface area contributed by atoms with Crippen molar-refractivity contribution in [3.05, 3.63) is 42.1 Å². The van der Waals surface area contributed by atoms with Gasteiger partial charge in [0.15, 0.2) is 0 Å². The summed E-state index contributed by atoms with van der Waals surface area (Å²) in [6.45, 7) is 2.78. The summed E-state index contributed by atoms with van der Waals surface area (Å²) < 4.78 is 14.7. The molecule has 0 aromatic carbocycles. The largest absolute Gasteiger partial charge is 0.353 e. The minimum Gasteiger partial charge on any atom is -0.353 e. The molecule has 1 saturated heterocycles. The maximum atomic E-state index is 12.9. The third-order valence-electron chi connectivity index (χ3n) is 4.19. The van der Waals surface area contributed by atoms with E-state index in [1.807, 2.05) is 18.0 Å². The van der Waals surface area contributed by atoms with E-state index in [4.69, 9.17) is 0 Å². The van der Waals surface area contributed by atoms with Crippen molar-refractivity contribution in [1.29, 1.82) is 0 Å². The highest BCUT2D eigenvalue weighted by molar-refractivity contribution is 5.76. The van der Waals surface area contributed by atoms with Crippen molar-refractivity contribution in [2.24, 2.45) is 7.05 Å². The van der Waals surface area contributed by atoms with Crippen LogP contribution in [0.1, 0.15) is 12.1 Å². The molecule has 0 aliphatic carbocycles. The van der Waals surface area contributed by atoms with E-state index in [0.29, 0.717) is 25.9 Å². The molecule has 0 N–H and O–H groups in total. The number of amides is 1. The summed E-state index contributed by atoms with van der Waals surface area (Å²) in [5, 5.41) is 4.11. The van der Waals surface area contributed by atoms with E-state index in [2.05, 4.69) is 15.0 Å². The Kier molecular flexibility index (Phi) is 4.55. The molecule has 23 heavy (non-hydrogen) atoms. The van der Waals surface area contributed by atoms with Crippen LogP contribution in [-0.4, -0.2) is 51.8 Å². The van der Waals surface area contributed by atoms with E-state index in [1.54, 1.807) is 16.9 Å². The molecule has 7 heteroatoms. The van der Waals surface area contributed by atoms with E-state index < -0.39 is 0 Å². The van der Waals surface area contributed by atoms with Crippen molar-refractivity contribution < 1.29 is 9.18 Å². The van der Waals surface area contributed by atoms with E-state index in [-0.39, 0.29) is 11.7 Å². The van der Waals surface area contributed by atoms with Crippen LogP contribution in [0.4, 0.5) is 10.2 Å². The lowest BCUT2D eigenvalue weighted by Crippen LogP contribution is -2.49. The van der Waals surface area contributed by atoms with Gasteiger partial charge in [-0.15, -0.1) is 0 Å². The van der Waals surface area contributed by atoms with Gasteiger partial charge in [-0.2, -0.15) is 5.10 Å². The van der Waals surface area contributed by atoms with Gasteiger partial charge in [0.25, 0.3) is 0 Å². The molecule has 6 nitrogen and oxygen atoms in total. The van der Waals surface area contributed by atoms with Crippen LogP contribution in [-0.2, 0) is 18.3 Å². The van der Waals surface area contributed by atoms with Crippen LogP contribution in [0, 0.1) is 5.82 Å². The van der Waals surface area contributed by atoms with Crippen molar-refractivity contribution in [3.8, 4) is 0 Å². The number of carbonyl (C=O) groups is 1. The summed E-state index contributed by atoms with van der Waals surface area (Å²) >= 11 is 0. The molecule has 2 aromatic rings. The topological polar surface area (TPSA) is 54.3 Å². The fourth-order valence-corrected chi connectivity index (χ4v) is 2.78. The lowest BCUT2D eigenvalue weighted by molar-refractivity contribution is -0.131. The molecular formula is C16H20FN5O. The Morgan fingerprint density at radius 3 is 2.61 bits per heavy atom. The van der Waals surface area contributed by atoms with Gasteiger partial charge < -0.3 is 9.80 Å². The van der Waals surface area contributed by atoms with Crippen molar-refractivity contribution in [2.75, 3.05) is 31.1 Å². The maximum absolute atomic E-state index is 12.9. The predicted octanol–water partition coefficient (Wildman–Crippen LogP) is 1.24. The van der Waals surface area contributed by atoms with Gasteiger partial charge in [0.1, 0.15) is 11.6 Å². The maximum Gasteiger partial charge on any atom is 0.223 e. The molecule has 0 unspecified atom stereocenters. The van der Waals surface area contributed by atoms with Crippen LogP contribution >= 0.6 is 0 Å². The predicted molar refractivity (Wildman–Crippen MR) is 84.5 cm³/mol. The highest BCUT2D eigenvalue weighted by Gasteiger charge is 2.21. The van der Waals surface area contributed by atoms with Crippen LogP contribution in [0.3, 0.4) is 0 Å². The molecule has 122 valence electrons. The van der Waals surface area contributed by atoms with Gasteiger partial charge in [-0.3, -0.25) is 9.48 Å². The number of carbonyl (C=O) groups excluding carboxylic acids is 1. The molecule has 0 bridgehead atoms. The first-order chi connectivity index (χ1) is 11.1. The van der Waals surface area contributed by atoms with Gasteiger partial charge in [0.2, 0.25) is 5.91 Å². The normalized spacial score (nSPS) is 15.0. The Bertz CT molecular complexity index is 661. The lowest BCUT2D eigenvalue weighted by Gasteiger charge is -2.35. The number of nitrogens with zero attached hydrogens (tertiary/aromatic N) is 5. The number of aryl methyl sites for hydroxylation is 2. The summed E-state index contributed by atoms with van der Waals surface area (Å²) in [4.78, 5) is 20.4. The zero-order valence-electron chi connectivity index (χ0n) is 13.2. The summed E-state index contributed by atoms with van der Waals surface area (Å²) in [6, 6.07) is 5.02. The average molecular weight is 317 g/mol. The Morgan fingerprint density at radius 1 is 1.22 bits per heavy atom. The fraction of sp³-hybridized carbons (Fsp3) is 0.438. The molecule has 1 fully saturated rings. The number of rotatable bonds is 4. The summed E-state index contributed by atoms with van der Waals surface area (Å²) in [6.07, 6.45) is 4.17. The number of anilines is 1. The number of pyridine rings is 1. The summed E-state index contributed by atoms with van der Waals surface area (Å²) in [5.41, 5.74) is 1.06. The van der Waals surface area contributed by atoms with Crippen LogP contribution in [0.2, 0.25) is 0 Å². The number of aromatic nitrogens is 3. The van der Waals surface area contributed by atoms with Gasteiger partial charge in [-0.05, 0) is 24.6 Å². The third kappa shape index (κ3) is 3.67. The number of halogens is 1. The van der Waals surface area contributed by atoms with Crippen molar-refractivity contribution in [1.82, 2.24) is 19.7 Å². The summed E-state index contributed by atoms with van der Waals surface area (Å²) in [5.74, 6) is 0.587. The first-order valence-corrected chi connectivity index (χ1v) is 7.74. The van der Waals surface area contributed by atoms with Gasteiger partial charge in [-0.1, -0.05) is 0 Å². The molecule has 3 heterocycles. The zero-order chi connectivity index (χ0) is 16.2. The Morgan fingerprint density at radius 2 is 2.00 bits per heavy atom. The second-order valence-electron chi connectivity index (χ2n) is 5.65. The van der Waals surface area contributed by atoms with E-state index in [0.717, 1.165) is 24.6 Å². The number of hydrogen-bond donors (Lipinski definition) is 0. The minimum absolute atomic E-state index is 0.165. The molecule has 0 saturated carbocycles. The zero-order valence-corrected chi connectivity index (χ0v) is 13.2. The molecule has 1 aliphatic rings. The molecule has 2 aromatic heterocycles. The van der Waals surface area contributed by atoms with E-state index in [9.17, 15) is 9.18 Å². The number of piperazine rings is 1. The van der Waals surface area contributed by atoms with Crippen molar-refractivity contribution >= 4 is 11.7 Å². The van der Waals surface area contributed by atoms with Crippen LogP contribution in [0.25, 0.3) is 0 Å². The van der Waals surface area contributed by atoms with E-state index >= 15 is 0 Å². The van der Waals surface area contributed by atoms with Gasteiger partial charge in [0.05, 0.1) is 6.20 Å². The van der Waals surface area contributed by atoms with Gasteiger partial charge in [-0.25, -0.2) is 9.37 Å². The highest BCUT2D eigenvalue weighted by atomic mass is 19.1. The standard InChI is InChI=1S/C16H20FN5O/c1-20-14(6-7-19-20)3-5-16(23)22-10-8-21(9-11-22)15-4-2-13(17)12-18-15/h2,4,6-7,12H,3,5,8-11H2,1H3. The molecule has 1 aliphatic heterocycles. The van der Waals surface area contributed by atoms with Crippen molar-refractivity contribution in [2.45, 2.75) is 12.8 Å². The third-order valence-corrected chi connectivity index (χ3v) is 4.19. The smallest absolute Gasteiger partial charge is 0.223 e. The molecular weight excluding hydrogens is 297 g/mol. The Hall–Kier alpha value is -2.44. The molecule has 0 atom stereocenters. The van der Waals surface area contributed by atoms with Crippen LogP contribution in [0.5, 0.6) is 0 Å². The Labute approximate surface area is 134 Å².